The summed E-state index contributed by atoms with van der Waals surface area (Å²) < 4.78 is 0. The molecule has 5 heteroatoms. The van der Waals surface area contributed by atoms with E-state index >= 15 is 0 Å². The van der Waals surface area contributed by atoms with Crippen LogP contribution in [-0.2, 0) is 13.1 Å². The zero-order valence-corrected chi connectivity index (χ0v) is 12.2. The van der Waals surface area contributed by atoms with E-state index in [0.29, 0.717) is 12.5 Å². The third-order valence-electron chi connectivity index (χ3n) is 3.48. The Labute approximate surface area is 124 Å². The molecule has 0 saturated carbocycles. The molecule has 0 atom stereocenters. The quantitative estimate of drug-likeness (QED) is 0.753. The first kappa shape index (κ1) is 13.5. The van der Waals surface area contributed by atoms with Crippen LogP contribution < -0.4 is 5.32 Å². The van der Waals surface area contributed by atoms with E-state index in [4.69, 9.17) is 0 Å². The van der Waals surface area contributed by atoms with Gasteiger partial charge in [0.05, 0.1) is 6.54 Å². The number of hydrogen-bond donors (Lipinski definition) is 1. The van der Waals surface area contributed by atoms with Crippen LogP contribution in [0, 0.1) is 0 Å². The first-order valence-corrected chi connectivity index (χ1v) is 7.35. The Bertz CT molecular complexity index is 714. The Morgan fingerprint density at radius 3 is 2.86 bits per heavy atom. The summed E-state index contributed by atoms with van der Waals surface area (Å²) in [5, 5.41) is 18.1. The second-order valence-electron chi connectivity index (χ2n) is 5.05. The maximum Gasteiger partial charge on any atom is 0.263 e. The Hall–Kier alpha value is -2.43. The molecule has 21 heavy (non-hydrogen) atoms. The van der Waals surface area contributed by atoms with Gasteiger partial charge in [-0.25, -0.2) is 0 Å². The second-order valence-corrected chi connectivity index (χ2v) is 5.05. The van der Waals surface area contributed by atoms with Gasteiger partial charge in [0.1, 0.15) is 0 Å². The number of tetrazole rings is 1. The van der Waals surface area contributed by atoms with Crippen LogP contribution in [0.2, 0.25) is 0 Å². The zero-order chi connectivity index (χ0) is 14.5. The Morgan fingerprint density at radius 1 is 1.10 bits per heavy atom. The van der Waals surface area contributed by atoms with Crippen molar-refractivity contribution in [3.63, 3.8) is 0 Å². The minimum absolute atomic E-state index is 0.582. The Balaban J connectivity index is 1.70. The van der Waals surface area contributed by atoms with Gasteiger partial charge in [-0.15, -0.1) is 5.10 Å². The average Bonchev–Trinajstić information content (AvgIpc) is 2.99. The van der Waals surface area contributed by atoms with Crippen molar-refractivity contribution in [3.8, 4) is 0 Å². The molecule has 1 aromatic heterocycles. The van der Waals surface area contributed by atoms with Crippen LogP contribution in [0.1, 0.15) is 25.3 Å². The van der Waals surface area contributed by atoms with Crippen LogP contribution in [-0.4, -0.2) is 20.2 Å². The number of aromatic nitrogens is 4. The molecular formula is C16H19N5. The molecule has 0 amide bonds. The van der Waals surface area contributed by atoms with E-state index in [0.717, 1.165) is 19.4 Å². The lowest BCUT2D eigenvalue weighted by molar-refractivity contribution is 0.496. The van der Waals surface area contributed by atoms with Crippen LogP contribution >= 0.6 is 0 Å². The highest BCUT2D eigenvalue weighted by atomic mass is 15.6. The lowest BCUT2D eigenvalue weighted by Crippen LogP contribution is -2.04. The normalized spacial score (nSPS) is 10.9. The van der Waals surface area contributed by atoms with Gasteiger partial charge in [0.2, 0.25) is 0 Å². The van der Waals surface area contributed by atoms with Crippen LogP contribution in [0.3, 0.4) is 0 Å². The number of nitrogens with zero attached hydrogens (tertiary/aromatic N) is 4. The van der Waals surface area contributed by atoms with Crippen molar-refractivity contribution < 1.29 is 0 Å². The van der Waals surface area contributed by atoms with Crippen LogP contribution in [0.5, 0.6) is 0 Å². The van der Waals surface area contributed by atoms with Crippen molar-refractivity contribution in [3.05, 3.63) is 48.0 Å². The molecule has 3 rings (SSSR count). The van der Waals surface area contributed by atoms with Crippen LogP contribution in [0.15, 0.2) is 42.5 Å². The van der Waals surface area contributed by atoms with E-state index in [1.54, 1.807) is 4.80 Å². The molecule has 108 valence electrons. The van der Waals surface area contributed by atoms with Gasteiger partial charge in [-0.05, 0) is 28.0 Å². The molecule has 0 fully saturated rings. The number of anilines is 1. The predicted molar refractivity (Wildman–Crippen MR) is 84.0 cm³/mol. The number of nitrogens with one attached hydrogen (secondary N) is 1. The standard InChI is InChI=1S/C16H19N5/c1-2-3-11-21-19-16(18-20-21)17-12-14-9-6-8-13-7-4-5-10-15(13)14/h4-10H,2-3,11-12H2,1H3,(H,17,19). The van der Waals surface area contributed by atoms with Gasteiger partial charge in [-0.1, -0.05) is 60.9 Å². The minimum Gasteiger partial charge on any atom is -0.347 e. The molecule has 0 unspecified atom stereocenters. The molecule has 5 nitrogen and oxygen atoms in total. The fraction of sp³-hybridized carbons (Fsp3) is 0.312. The molecule has 3 aromatic rings. The number of unbranched alkanes of at least 4 members (excludes halogenated alkanes) is 1. The number of rotatable bonds is 6. The first-order chi connectivity index (χ1) is 10.4. The smallest absolute Gasteiger partial charge is 0.263 e. The van der Waals surface area contributed by atoms with Crippen molar-refractivity contribution in [2.24, 2.45) is 0 Å². The summed E-state index contributed by atoms with van der Waals surface area (Å²) in [7, 11) is 0. The number of fused-ring (bicyclic) bond motifs is 1. The third-order valence-corrected chi connectivity index (χ3v) is 3.48. The summed E-state index contributed by atoms with van der Waals surface area (Å²) in [6.07, 6.45) is 2.19. The fourth-order valence-corrected chi connectivity index (χ4v) is 2.33. The molecule has 0 aliphatic carbocycles. The molecule has 2 aromatic carbocycles. The third kappa shape index (κ3) is 3.18. The molecule has 0 saturated heterocycles. The molecule has 0 aliphatic rings. The largest absolute Gasteiger partial charge is 0.347 e. The van der Waals surface area contributed by atoms with Crippen molar-refractivity contribution in [2.75, 3.05) is 5.32 Å². The zero-order valence-electron chi connectivity index (χ0n) is 12.2. The maximum absolute atomic E-state index is 4.33. The number of hydrogen-bond acceptors (Lipinski definition) is 4. The van der Waals surface area contributed by atoms with E-state index in [1.165, 1.54) is 16.3 Å². The highest BCUT2D eigenvalue weighted by Gasteiger charge is 2.04. The highest BCUT2D eigenvalue weighted by Crippen LogP contribution is 2.18. The van der Waals surface area contributed by atoms with Crippen molar-refractivity contribution in [1.82, 2.24) is 20.2 Å². The summed E-state index contributed by atoms with van der Waals surface area (Å²) in [5.41, 5.74) is 1.23. The Kier molecular flexibility index (Phi) is 4.09. The lowest BCUT2D eigenvalue weighted by Gasteiger charge is -2.06. The second kappa shape index (κ2) is 6.35. The summed E-state index contributed by atoms with van der Waals surface area (Å²) in [6, 6.07) is 14.7. The van der Waals surface area contributed by atoms with E-state index in [1.807, 2.05) is 0 Å². The average molecular weight is 281 g/mol. The van der Waals surface area contributed by atoms with Gasteiger partial charge in [-0.3, -0.25) is 0 Å². The Morgan fingerprint density at radius 2 is 1.95 bits per heavy atom. The lowest BCUT2D eigenvalue weighted by atomic mass is 10.0. The van der Waals surface area contributed by atoms with Gasteiger partial charge in [0.15, 0.2) is 0 Å². The molecule has 0 aliphatic heterocycles. The summed E-state index contributed by atoms with van der Waals surface area (Å²) >= 11 is 0. The highest BCUT2D eigenvalue weighted by molar-refractivity contribution is 5.85. The van der Waals surface area contributed by atoms with Crippen molar-refractivity contribution in [1.29, 1.82) is 0 Å². The fourth-order valence-electron chi connectivity index (χ4n) is 2.33. The molecule has 0 radical (unpaired) electrons. The maximum atomic E-state index is 4.33. The molecule has 1 heterocycles. The van der Waals surface area contributed by atoms with E-state index < -0.39 is 0 Å². The van der Waals surface area contributed by atoms with Gasteiger partial charge >= 0.3 is 0 Å². The molecule has 0 bridgehead atoms. The van der Waals surface area contributed by atoms with E-state index in [9.17, 15) is 0 Å². The summed E-state index contributed by atoms with van der Waals surface area (Å²) in [5.74, 6) is 0.582. The van der Waals surface area contributed by atoms with Crippen molar-refractivity contribution in [2.45, 2.75) is 32.9 Å². The topological polar surface area (TPSA) is 55.6 Å². The number of benzene rings is 2. The predicted octanol–water partition coefficient (Wildman–Crippen LogP) is 3.24. The van der Waals surface area contributed by atoms with Crippen molar-refractivity contribution >= 4 is 16.7 Å². The van der Waals surface area contributed by atoms with E-state index in [-0.39, 0.29) is 0 Å². The molecule has 1 N–H and O–H groups in total. The molecule has 0 spiro atoms. The summed E-state index contributed by atoms with van der Waals surface area (Å²) in [4.78, 5) is 1.65. The van der Waals surface area contributed by atoms with Gasteiger partial charge in [0.25, 0.3) is 5.95 Å². The number of aryl methyl sites for hydroxylation is 1. The van der Waals surface area contributed by atoms with Gasteiger partial charge in [-0.2, -0.15) is 4.80 Å². The van der Waals surface area contributed by atoms with Gasteiger partial charge in [0, 0.05) is 6.54 Å². The van der Waals surface area contributed by atoms with Crippen LogP contribution in [0.25, 0.3) is 10.8 Å². The molecular weight excluding hydrogens is 262 g/mol. The first-order valence-electron chi connectivity index (χ1n) is 7.35. The van der Waals surface area contributed by atoms with Crippen LogP contribution in [0.4, 0.5) is 5.95 Å². The SMILES string of the molecule is CCCCn1nnc(NCc2cccc3ccccc23)n1. The van der Waals surface area contributed by atoms with Gasteiger partial charge < -0.3 is 5.32 Å². The minimum atomic E-state index is 0.582. The monoisotopic (exact) mass is 281 g/mol. The summed E-state index contributed by atoms with van der Waals surface area (Å²) in [6.45, 7) is 3.66. The van der Waals surface area contributed by atoms with E-state index in [2.05, 4.69) is 70.1 Å².